The summed E-state index contributed by atoms with van der Waals surface area (Å²) >= 11 is 0. The highest BCUT2D eigenvalue weighted by molar-refractivity contribution is 7.89. The zero-order chi connectivity index (χ0) is 19.8. The summed E-state index contributed by atoms with van der Waals surface area (Å²) in [7, 11) is -3.51. The number of azide groups is 1. The molecule has 1 aromatic rings. The van der Waals surface area contributed by atoms with Gasteiger partial charge in [-0.15, -0.1) is 0 Å². The molecule has 2 aliphatic rings. The zero-order valence-corrected chi connectivity index (χ0v) is 16.8. The van der Waals surface area contributed by atoms with Crippen LogP contribution in [0.2, 0.25) is 0 Å². The van der Waals surface area contributed by atoms with Gasteiger partial charge in [0.2, 0.25) is 10.0 Å². The number of rotatable bonds is 8. The molecular formula is C19H27N5O3S. The Balaban J connectivity index is 1.46. The van der Waals surface area contributed by atoms with Gasteiger partial charge in [0.05, 0.1) is 18.1 Å². The summed E-state index contributed by atoms with van der Waals surface area (Å²) in [5.41, 5.74) is 10.6. The van der Waals surface area contributed by atoms with Gasteiger partial charge in [-0.3, -0.25) is 0 Å². The van der Waals surface area contributed by atoms with Crippen LogP contribution < -0.4 is 4.72 Å². The summed E-state index contributed by atoms with van der Waals surface area (Å²) < 4.78 is 33.0. The van der Waals surface area contributed by atoms with Crippen molar-refractivity contribution in [2.24, 2.45) is 11.0 Å². The minimum absolute atomic E-state index is 0.289. The van der Waals surface area contributed by atoms with Crippen molar-refractivity contribution in [2.75, 3.05) is 45.9 Å². The summed E-state index contributed by atoms with van der Waals surface area (Å²) in [6.45, 7) is 4.74. The lowest BCUT2D eigenvalue weighted by atomic mass is 9.97. The highest BCUT2D eigenvalue weighted by Crippen LogP contribution is 2.22. The standard InChI is InChI=1S/C19H27N5O3S/c20-23-21-15-16-5-10-24(11-6-16)12-9-22-28(25,26)19-3-1-17(2-4-19)18-7-13-27-14-8-18/h1-4,7,16,22H,5-6,8-15H2. The first-order valence-electron chi connectivity index (χ1n) is 9.68. The van der Waals surface area contributed by atoms with Crippen molar-refractivity contribution < 1.29 is 13.2 Å². The second-order valence-electron chi connectivity index (χ2n) is 7.17. The lowest BCUT2D eigenvalue weighted by Gasteiger charge is -2.31. The molecule has 28 heavy (non-hydrogen) atoms. The van der Waals surface area contributed by atoms with Crippen molar-refractivity contribution in [3.8, 4) is 0 Å². The number of nitrogens with one attached hydrogen (secondary N) is 1. The van der Waals surface area contributed by atoms with Gasteiger partial charge < -0.3 is 9.64 Å². The first kappa shape index (κ1) is 20.8. The van der Waals surface area contributed by atoms with Gasteiger partial charge in [-0.2, -0.15) is 0 Å². The fraction of sp³-hybridized carbons (Fsp3) is 0.579. The van der Waals surface area contributed by atoms with Crippen molar-refractivity contribution >= 4 is 15.6 Å². The van der Waals surface area contributed by atoms with Crippen molar-refractivity contribution in [3.63, 3.8) is 0 Å². The van der Waals surface area contributed by atoms with E-state index in [4.69, 9.17) is 10.3 Å². The third-order valence-electron chi connectivity index (χ3n) is 5.33. The molecule has 0 amide bonds. The molecule has 0 atom stereocenters. The van der Waals surface area contributed by atoms with Crippen LogP contribution in [0.3, 0.4) is 0 Å². The third-order valence-corrected chi connectivity index (χ3v) is 6.81. The number of piperidine rings is 1. The minimum atomic E-state index is -3.51. The van der Waals surface area contributed by atoms with Crippen LogP contribution in [0.1, 0.15) is 24.8 Å². The smallest absolute Gasteiger partial charge is 0.240 e. The molecule has 0 spiro atoms. The first-order chi connectivity index (χ1) is 13.6. The van der Waals surface area contributed by atoms with E-state index in [-0.39, 0.29) is 4.90 Å². The second kappa shape index (κ2) is 10.0. The van der Waals surface area contributed by atoms with Crippen molar-refractivity contribution in [1.29, 1.82) is 0 Å². The molecule has 152 valence electrons. The Morgan fingerprint density at radius 2 is 2.00 bits per heavy atom. The highest BCUT2D eigenvalue weighted by atomic mass is 32.2. The average Bonchev–Trinajstić information content (AvgIpc) is 2.74. The Labute approximate surface area is 166 Å². The second-order valence-corrected chi connectivity index (χ2v) is 8.94. The molecule has 0 aliphatic carbocycles. The van der Waals surface area contributed by atoms with Crippen molar-refractivity contribution in [2.45, 2.75) is 24.2 Å². The van der Waals surface area contributed by atoms with E-state index in [2.05, 4.69) is 19.6 Å². The predicted molar refractivity (Wildman–Crippen MR) is 108 cm³/mol. The molecule has 2 heterocycles. The number of ether oxygens (including phenoxy) is 1. The van der Waals surface area contributed by atoms with E-state index in [1.54, 1.807) is 12.1 Å². The molecule has 0 saturated carbocycles. The van der Waals surface area contributed by atoms with Crippen LogP contribution in [0.15, 0.2) is 40.4 Å². The van der Waals surface area contributed by atoms with Gasteiger partial charge in [-0.25, -0.2) is 13.1 Å². The largest absolute Gasteiger partial charge is 0.377 e. The number of hydrogen-bond donors (Lipinski definition) is 1. The molecule has 0 radical (unpaired) electrons. The number of hydrogen-bond acceptors (Lipinski definition) is 5. The van der Waals surface area contributed by atoms with Crippen molar-refractivity contribution in [3.05, 3.63) is 46.3 Å². The topological polar surface area (TPSA) is 107 Å². The maximum Gasteiger partial charge on any atom is 0.240 e. The lowest BCUT2D eigenvalue weighted by Crippen LogP contribution is -2.40. The van der Waals surface area contributed by atoms with Crippen LogP contribution in [-0.2, 0) is 14.8 Å². The number of sulfonamides is 1. The number of likely N-dealkylation sites (tertiary alicyclic amines) is 1. The van der Waals surface area contributed by atoms with Gasteiger partial charge in [0, 0.05) is 24.5 Å². The molecule has 8 nitrogen and oxygen atoms in total. The fourth-order valence-electron chi connectivity index (χ4n) is 3.60. The van der Waals surface area contributed by atoms with E-state index in [9.17, 15) is 8.42 Å². The maximum absolute atomic E-state index is 12.5. The van der Waals surface area contributed by atoms with Crippen LogP contribution in [0, 0.1) is 5.92 Å². The molecular weight excluding hydrogens is 378 g/mol. The molecule has 0 bridgehead atoms. The summed E-state index contributed by atoms with van der Waals surface area (Å²) in [6.07, 6.45) is 4.85. The van der Waals surface area contributed by atoms with Crippen LogP contribution in [0.4, 0.5) is 0 Å². The van der Waals surface area contributed by atoms with E-state index in [0.29, 0.717) is 38.8 Å². The van der Waals surface area contributed by atoms with E-state index in [1.165, 1.54) is 5.57 Å². The Morgan fingerprint density at radius 3 is 2.64 bits per heavy atom. The molecule has 2 aliphatic heterocycles. The van der Waals surface area contributed by atoms with E-state index in [0.717, 1.165) is 37.9 Å². The summed E-state index contributed by atoms with van der Waals surface area (Å²) in [5.74, 6) is 0.438. The molecule has 1 saturated heterocycles. The molecule has 1 fully saturated rings. The first-order valence-corrected chi connectivity index (χ1v) is 11.2. The van der Waals surface area contributed by atoms with Gasteiger partial charge in [0.25, 0.3) is 0 Å². The summed E-state index contributed by atoms with van der Waals surface area (Å²) in [6, 6.07) is 7.05. The Morgan fingerprint density at radius 1 is 1.25 bits per heavy atom. The quantitative estimate of drug-likeness (QED) is 0.407. The van der Waals surface area contributed by atoms with Gasteiger partial charge in [-0.1, -0.05) is 23.3 Å². The van der Waals surface area contributed by atoms with Crippen LogP contribution in [0.25, 0.3) is 16.0 Å². The zero-order valence-electron chi connectivity index (χ0n) is 16.0. The summed E-state index contributed by atoms with van der Waals surface area (Å²) in [5, 5.41) is 3.65. The molecule has 0 aromatic heterocycles. The van der Waals surface area contributed by atoms with E-state index in [1.807, 2.05) is 18.2 Å². The number of nitrogens with zero attached hydrogens (tertiary/aromatic N) is 4. The highest BCUT2D eigenvalue weighted by Gasteiger charge is 2.19. The molecule has 0 unspecified atom stereocenters. The van der Waals surface area contributed by atoms with E-state index >= 15 is 0 Å². The summed E-state index contributed by atoms with van der Waals surface area (Å²) in [4.78, 5) is 5.35. The van der Waals surface area contributed by atoms with E-state index < -0.39 is 10.0 Å². The van der Waals surface area contributed by atoms with Crippen molar-refractivity contribution in [1.82, 2.24) is 9.62 Å². The predicted octanol–water partition coefficient (Wildman–Crippen LogP) is 2.79. The normalized spacial score (nSPS) is 19.1. The Bertz CT molecular complexity index is 824. The van der Waals surface area contributed by atoms with Gasteiger partial charge in [0.15, 0.2) is 0 Å². The van der Waals surface area contributed by atoms with Gasteiger partial charge >= 0.3 is 0 Å². The van der Waals surface area contributed by atoms with Crippen LogP contribution >= 0.6 is 0 Å². The Hall–Kier alpha value is -1.90. The Kier molecular flexibility index (Phi) is 7.47. The molecule has 1 aromatic carbocycles. The number of benzene rings is 1. The third kappa shape index (κ3) is 5.80. The molecule has 1 N–H and O–H groups in total. The average molecular weight is 406 g/mol. The van der Waals surface area contributed by atoms with Gasteiger partial charge in [-0.05, 0) is 67.1 Å². The fourth-order valence-corrected chi connectivity index (χ4v) is 4.62. The van der Waals surface area contributed by atoms with Crippen LogP contribution in [-0.4, -0.2) is 59.3 Å². The van der Waals surface area contributed by atoms with Gasteiger partial charge in [0.1, 0.15) is 0 Å². The molecule has 3 rings (SSSR count). The molecule has 9 heteroatoms. The monoisotopic (exact) mass is 405 g/mol. The SMILES string of the molecule is [N-]=[N+]=NCC1CCN(CCNS(=O)(=O)c2ccc(C3=CCOCC3)cc2)CC1. The lowest BCUT2D eigenvalue weighted by molar-refractivity contribution is 0.161. The van der Waals surface area contributed by atoms with Crippen LogP contribution in [0.5, 0.6) is 0 Å². The minimum Gasteiger partial charge on any atom is -0.377 e. The maximum atomic E-state index is 12.5.